The topological polar surface area (TPSA) is 147 Å². The van der Waals surface area contributed by atoms with Gasteiger partial charge in [-0.25, -0.2) is 9.78 Å². The summed E-state index contributed by atoms with van der Waals surface area (Å²) in [5.74, 6) is -1.13. The van der Waals surface area contributed by atoms with Crippen LogP contribution in [0.5, 0.6) is 0 Å². The average molecular weight is 554 g/mol. The van der Waals surface area contributed by atoms with Gasteiger partial charge in [0.25, 0.3) is 5.91 Å². The van der Waals surface area contributed by atoms with Gasteiger partial charge in [-0.05, 0) is 83.4 Å². The van der Waals surface area contributed by atoms with Crippen LogP contribution in [0.25, 0.3) is 10.8 Å². The van der Waals surface area contributed by atoms with Crippen molar-refractivity contribution in [2.75, 3.05) is 29.5 Å². The summed E-state index contributed by atoms with van der Waals surface area (Å²) in [5, 5.41) is 17.4. The number of benzene rings is 3. The summed E-state index contributed by atoms with van der Waals surface area (Å²) in [6.45, 7) is 3.59. The van der Waals surface area contributed by atoms with Gasteiger partial charge < -0.3 is 25.8 Å². The smallest absolute Gasteiger partial charge is 0.411 e. The fourth-order valence-electron chi connectivity index (χ4n) is 5.26. The van der Waals surface area contributed by atoms with E-state index in [0.29, 0.717) is 34.7 Å². The molecule has 0 radical (unpaired) electrons. The molecular formula is C31H31N5O5. The van der Waals surface area contributed by atoms with E-state index in [1.807, 2.05) is 50.2 Å². The summed E-state index contributed by atoms with van der Waals surface area (Å²) in [6, 6.07) is 17.3. The number of nitrogens with two attached hydrogens (primary N) is 1. The minimum atomic E-state index is -1.14. The molecule has 0 fully saturated rings. The third kappa shape index (κ3) is 6.22. The Morgan fingerprint density at radius 2 is 1.90 bits per heavy atom. The molecule has 210 valence electrons. The number of nitrogen functional groups attached to an aromatic ring is 1. The van der Waals surface area contributed by atoms with Crippen LogP contribution in [0, 0.1) is 13.8 Å². The lowest BCUT2D eigenvalue weighted by atomic mass is 9.93. The number of aryl methyl sites for hydroxylation is 2. The lowest BCUT2D eigenvalue weighted by molar-refractivity contribution is -0.145. The Balaban J connectivity index is 1.61. The van der Waals surface area contributed by atoms with Crippen molar-refractivity contribution in [2.45, 2.75) is 32.9 Å². The summed E-state index contributed by atoms with van der Waals surface area (Å²) in [5.41, 5.74) is 11.4. The van der Waals surface area contributed by atoms with E-state index in [2.05, 4.69) is 15.6 Å². The van der Waals surface area contributed by atoms with Crippen molar-refractivity contribution in [1.82, 2.24) is 9.88 Å². The quantitative estimate of drug-likeness (QED) is 0.282. The Bertz CT molecular complexity index is 1630. The molecule has 2 amide bonds. The zero-order chi connectivity index (χ0) is 29.1. The van der Waals surface area contributed by atoms with Gasteiger partial charge in [0, 0.05) is 35.9 Å². The van der Waals surface area contributed by atoms with Crippen LogP contribution in [0.4, 0.5) is 22.0 Å². The summed E-state index contributed by atoms with van der Waals surface area (Å²) in [7, 11) is 0. The molecule has 4 bridgehead atoms. The molecule has 6 rings (SSSR count). The van der Waals surface area contributed by atoms with Crippen LogP contribution >= 0.6 is 0 Å². The molecule has 0 saturated carbocycles. The number of ether oxygens (including phenoxy) is 1. The second kappa shape index (κ2) is 11.5. The SMILES string of the molecule is Cc1cc2cc(C)c1CCOC(=O)Nc1cccc(c1)CN(CC(=O)O)C(=O)C2Nc1ccc2c(N)nccc2c1. The highest BCUT2D eigenvalue weighted by atomic mass is 16.5. The second-order valence-corrected chi connectivity index (χ2v) is 10.1. The highest BCUT2D eigenvalue weighted by molar-refractivity contribution is 5.94. The molecular weight excluding hydrogens is 522 g/mol. The number of hydrogen-bond acceptors (Lipinski definition) is 7. The van der Waals surface area contributed by atoms with Gasteiger partial charge in [0.05, 0.1) is 6.61 Å². The Kier molecular flexibility index (Phi) is 7.73. The second-order valence-electron chi connectivity index (χ2n) is 10.1. The van der Waals surface area contributed by atoms with Crippen LogP contribution in [-0.2, 0) is 27.3 Å². The van der Waals surface area contributed by atoms with Crippen LogP contribution in [-0.4, -0.2) is 46.1 Å². The molecule has 2 aliphatic heterocycles. The molecule has 4 aromatic rings. The molecule has 0 saturated heterocycles. The third-order valence-corrected chi connectivity index (χ3v) is 7.17. The summed E-state index contributed by atoms with van der Waals surface area (Å²) in [6.07, 6.45) is 1.54. The predicted octanol–water partition coefficient (Wildman–Crippen LogP) is 4.81. The van der Waals surface area contributed by atoms with Gasteiger partial charge >= 0.3 is 12.1 Å². The number of aliphatic carboxylic acids is 1. The number of aromatic nitrogens is 1. The predicted molar refractivity (Wildman–Crippen MR) is 157 cm³/mol. The zero-order valence-corrected chi connectivity index (χ0v) is 22.8. The molecule has 0 aliphatic carbocycles. The van der Waals surface area contributed by atoms with Crippen LogP contribution in [0.3, 0.4) is 0 Å². The molecule has 3 aromatic carbocycles. The lowest BCUT2D eigenvalue weighted by Gasteiger charge is -2.29. The van der Waals surface area contributed by atoms with E-state index in [0.717, 1.165) is 27.5 Å². The number of hydrogen-bond donors (Lipinski definition) is 4. The van der Waals surface area contributed by atoms with Crippen molar-refractivity contribution < 1.29 is 24.2 Å². The minimum Gasteiger partial charge on any atom is -0.480 e. The summed E-state index contributed by atoms with van der Waals surface area (Å²) in [4.78, 5) is 44.0. The van der Waals surface area contributed by atoms with E-state index in [-0.39, 0.29) is 13.2 Å². The Morgan fingerprint density at radius 1 is 1.12 bits per heavy atom. The minimum absolute atomic E-state index is 0.0177. The van der Waals surface area contributed by atoms with Gasteiger partial charge in [-0.2, -0.15) is 0 Å². The molecule has 41 heavy (non-hydrogen) atoms. The van der Waals surface area contributed by atoms with Crippen molar-refractivity contribution in [3.63, 3.8) is 0 Å². The number of nitrogens with one attached hydrogen (secondary N) is 2. The molecule has 3 heterocycles. The number of anilines is 3. The normalized spacial score (nSPS) is 15.9. The van der Waals surface area contributed by atoms with Crippen molar-refractivity contribution in [1.29, 1.82) is 0 Å². The first-order chi connectivity index (χ1) is 19.7. The van der Waals surface area contributed by atoms with Crippen LogP contribution < -0.4 is 16.4 Å². The Hall–Kier alpha value is -5.12. The van der Waals surface area contributed by atoms with Gasteiger partial charge in [-0.3, -0.25) is 14.9 Å². The maximum atomic E-state index is 14.2. The molecule has 1 unspecified atom stereocenters. The summed E-state index contributed by atoms with van der Waals surface area (Å²) >= 11 is 0. The van der Waals surface area contributed by atoms with Crippen LogP contribution in [0.15, 0.2) is 66.9 Å². The first-order valence-corrected chi connectivity index (χ1v) is 13.2. The first kappa shape index (κ1) is 27.4. The van der Waals surface area contributed by atoms with Crippen LogP contribution in [0.2, 0.25) is 0 Å². The molecule has 10 heteroatoms. The molecule has 0 spiro atoms. The largest absolute Gasteiger partial charge is 0.480 e. The number of fused-ring (bicyclic) bond motifs is 10. The number of carbonyl (C=O) groups excluding carboxylic acids is 2. The van der Waals surface area contributed by atoms with E-state index in [9.17, 15) is 19.5 Å². The number of pyridine rings is 1. The molecule has 2 aliphatic rings. The highest BCUT2D eigenvalue weighted by Gasteiger charge is 2.29. The number of carboxylic acid groups (broad SMARTS) is 1. The molecule has 5 N–H and O–H groups in total. The monoisotopic (exact) mass is 553 g/mol. The number of carboxylic acids is 1. The van der Waals surface area contributed by atoms with Crippen molar-refractivity contribution in [2.24, 2.45) is 0 Å². The Labute approximate surface area is 237 Å². The number of carbonyl (C=O) groups is 3. The third-order valence-electron chi connectivity index (χ3n) is 7.17. The van der Waals surface area contributed by atoms with Crippen molar-refractivity contribution >= 4 is 45.9 Å². The van der Waals surface area contributed by atoms with E-state index in [4.69, 9.17) is 10.5 Å². The molecule has 1 aromatic heterocycles. The van der Waals surface area contributed by atoms with Crippen molar-refractivity contribution in [3.05, 3.63) is 94.7 Å². The first-order valence-electron chi connectivity index (χ1n) is 13.2. The number of amides is 2. The van der Waals surface area contributed by atoms with Gasteiger partial charge in [-0.15, -0.1) is 0 Å². The van der Waals surface area contributed by atoms with Gasteiger partial charge in [0.2, 0.25) is 0 Å². The van der Waals surface area contributed by atoms with Gasteiger partial charge in [0.15, 0.2) is 0 Å². The highest BCUT2D eigenvalue weighted by Crippen LogP contribution is 2.30. The van der Waals surface area contributed by atoms with E-state index in [1.165, 1.54) is 4.90 Å². The van der Waals surface area contributed by atoms with Crippen LogP contribution in [0.1, 0.15) is 33.9 Å². The lowest BCUT2D eigenvalue weighted by Crippen LogP contribution is -2.40. The Morgan fingerprint density at radius 3 is 2.66 bits per heavy atom. The standard InChI is InChI=1S/C31H31N5O5/c1-18-12-22-13-19(2)25(18)9-11-41-31(40)35-23-5-3-4-20(14-23)16-36(17-27(37)38)30(39)28(22)34-24-6-7-26-21(15-24)8-10-33-29(26)32/h3-8,10,12-15,28,34H,9,11,16-17H2,1-2H3,(H2,32,33)(H,35,40)(H,37,38). The average Bonchev–Trinajstić information content (AvgIpc) is 2.92. The number of rotatable bonds is 4. The number of nitrogens with zero attached hydrogens (tertiary/aromatic N) is 2. The molecule has 10 nitrogen and oxygen atoms in total. The van der Waals surface area contributed by atoms with Gasteiger partial charge in [0.1, 0.15) is 18.4 Å². The fraction of sp³-hybridized carbons (Fsp3) is 0.226. The van der Waals surface area contributed by atoms with E-state index >= 15 is 0 Å². The van der Waals surface area contributed by atoms with Crippen molar-refractivity contribution in [3.8, 4) is 0 Å². The van der Waals surface area contributed by atoms with Gasteiger partial charge in [-0.1, -0.05) is 24.3 Å². The van der Waals surface area contributed by atoms with E-state index in [1.54, 1.807) is 30.5 Å². The summed E-state index contributed by atoms with van der Waals surface area (Å²) < 4.78 is 5.42. The maximum absolute atomic E-state index is 14.2. The van der Waals surface area contributed by atoms with E-state index < -0.39 is 30.6 Å². The maximum Gasteiger partial charge on any atom is 0.411 e. The fourth-order valence-corrected chi connectivity index (χ4v) is 5.26. The zero-order valence-electron chi connectivity index (χ0n) is 22.8. The molecule has 1 atom stereocenters.